The van der Waals surface area contributed by atoms with Gasteiger partial charge in [0.05, 0.1) is 6.61 Å². The van der Waals surface area contributed by atoms with Crippen LogP contribution >= 0.6 is 0 Å². The third-order valence-electron chi connectivity index (χ3n) is 4.16. The number of methoxy groups -OCH3 is 1. The quantitative estimate of drug-likeness (QED) is 0.788. The van der Waals surface area contributed by atoms with Crippen molar-refractivity contribution in [1.82, 2.24) is 10.2 Å². The molecule has 1 aliphatic heterocycles. The molecule has 1 heterocycles. The first-order valence-electron chi connectivity index (χ1n) is 7.03. The molecule has 0 aromatic rings. The largest absolute Gasteiger partial charge is 0.383 e. The molecule has 2 amide bonds. The van der Waals surface area contributed by atoms with Crippen molar-refractivity contribution in [3.05, 3.63) is 0 Å². The summed E-state index contributed by atoms with van der Waals surface area (Å²) in [5.41, 5.74) is -0.783. The van der Waals surface area contributed by atoms with Crippen molar-refractivity contribution < 1.29 is 14.3 Å². The molecule has 5 nitrogen and oxygen atoms in total. The molecule has 1 aliphatic rings. The van der Waals surface area contributed by atoms with Gasteiger partial charge in [0.2, 0.25) is 11.8 Å². The number of rotatable bonds is 6. The molecule has 0 bridgehead atoms. The highest BCUT2D eigenvalue weighted by molar-refractivity contribution is 5.99. The summed E-state index contributed by atoms with van der Waals surface area (Å²) in [4.78, 5) is 26.7. The average molecular weight is 270 g/mol. The second-order valence-electron chi connectivity index (χ2n) is 5.50. The first-order valence-corrected chi connectivity index (χ1v) is 7.03. The van der Waals surface area contributed by atoms with Crippen molar-refractivity contribution in [2.45, 2.75) is 52.1 Å². The standard InChI is InChI=1S/C14H26N2O3/c1-6-10(3)11-12(17)15-14(4,7-2)13(18)16(11)8-9-19-5/h10-11H,6-9H2,1-5H3,(H,15,17). The smallest absolute Gasteiger partial charge is 0.248 e. The summed E-state index contributed by atoms with van der Waals surface area (Å²) in [5.74, 6) is 0.0913. The molecule has 1 rings (SSSR count). The Hall–Kier alpha value is -1.10. The van der Waals surface area contributed by atoms with E-state index in [2.05, 4.69) is 5.32 Å². The maximum Gasteiger partial charge on any atom is 0.248 e. The molecule has 0 aromatic heterocycles. The fourth-order valence-corrected chi connectivity index (χ4v) is 2.44. The fourth-order valence-electron chi connectivity index (χ4n) is 2.44. The number of carbonyl (C=O) groups is 2. The van der Waals surface area contributed by atoms with E-state index in [1.165, 1.54) is 0 Å². The molecule has 1 saturated heterocycles. The molecule has 19 heavy (non-hydrogen) atoms. The van der Waals surface area contributed by atoms with Crippen molar-refractivity contribution in [1.29, 1.82) is 0 Å². The van der Waals surface area contributed by atoms with Gasteiger partial charge in [-0.25, -0.2) is 0 Å². The summed E-state index contributed by atoms with van der Waals surface area (Å²) < 4.78 is 5.07. The maximum absolute atomic E-state index is 12.6. The lowest BCUT2D eigenvalue weighted by Gasteiger charge is -2.45. The lowest BCUT2D eigenvalue weighted by molar-refractivity contribution is -0.157. The normalized spacial score (nSPS) is 29.3. The highest BCUT2D eigenvalue weighted by Crippen LogP contribution is 2.26. The Kier molecular flexibility index (Phi) is 5.35. The minimum atomic E-state index is -0.783. The molecule has 0 saturated carbocycles. The Morgan fingerprint density at radius 2 is 2.05 bits per heavy atom. The van der Waals surface area contributed by atoms with Gasteiger partial charge in [-0.15, -0.1) is 0 Å². The summed E-state index contributed by atoms with van der Waals surface area (Å²) in [7, 11) is 1.60. The van der Waals surface area contributed by atoms with Gasteiger partial charge >= 0.3 is 0 Å². The summed E-state index contributed by atoms with van der Waals surface area (Å²) >= 11 is 0. The number of piperazine rings is 1. The van der Waals surface area contributed by atoms with E-state index in [1.807, 2.05) is 20.8 Å². The Labute approximate surface area is 115 Å². The van der Waals surface area contributed by atoms with Gasteiger partial charge in [-0.05, 0) is 19.3 Å². The molecular formula is C14H26N2O3. The van der Waals surface area contributed by atoms with E-state index in [0.717, 1.165) is 6.42 Å². The number of carbonyl (C=O) groups excluding carboxylic acids is 2. The Morgan fingerprint density at radius 1 is 1.42 bits per heavy atom. The predicted molar refractivity (Wildman–Crippen MR) is 73.7 cm³/mol. The van der Waals surface area contributed by atoms with Crippen LogP contribution in [0.25, 0.3) is 0 Å². The molecule has 1 N–H and O–H groups in total. The van der Waals surface area contributed by atoms with Crippen molar-refractivity contribution in [2.24, 2.45) is 5.92 Å². The third-order valence-corrected chi connectivity index (χ3v) is 4.16. The molecule has 3 unspecified atom stereocenters. The van der Waals surface area contributed by atoms with Crippen molar-refractivity contribution >= 4 is 11.8 Å². The first kappa shape index (κ1) is 16.0. The predicted octanol–water partition coefficient (Wildman–Crippen LogP) is 1.17. The van der Waals surface area contributed by atoms with Crippen molar-refractivity contribution in [3.8, 4) is 0 Å². The van der Waals surface area contributed by atoms with E-state index in [9.17, 15) is 9.59 Å². The Balaban J connectivity index is 3.03. The van der Waals surface area contributed by atoms with E-state index in [1.54, 1.807) is 18.9 Å². The van der Waals surface area contributed by atoms with E-state index in [-0.39, 0.29) is 23.8 Å². The Morgan fingerprint density at radius 3 is 2.53 bits per heavy atom. The van der Waals surface area contributed by atoms with Crippen molar-refractivity contribution in [3.63, 3.8) is 0 Å². The van der Waals surface area contributed by atoms with Crippen LogP contribution in [0, 0.1) is 5.92 Å². The van der Waals surface area contributed by atoms with Gasteiger partial charge < -0.3 is 15.0 Å². The SMILES string of the molecule is CCC(C)C1C(=O)NC(C)(CC)C(=O)N1CCOC. The second kappa shape index (κ2) is 6.37. The zero-order chi connectivity index (χ0) is 14.6. The Bertz CT molecular complexity index is 346. The van der Waals surface area contributed by atoms with Crippen LogP contribution in [0.15, 0.2) is 0 Å². The molecule has 3 atom stereocenters. The molecule has 0 spiro atoms. The molecule has 0 aliphatic carbocycles. The topological polar surface area (TPSA) is 58.6 Å². The maximum atomic E-state index is 12.6. The van der Waals surface area contributed by atoms with Gasteiger partial charge in [0, 0.05) is 13.7 Å². The molecule has 110 valence electrons. The van der Waals surface area contributed by atoms with Crippen LogP contribution in [0.3, 0.4) is 0 Å². The number of nitrogens with zero attached hydrogens (tertiary/aromatic N) is 1. The molecule has 0 aromatic carbocycles. The van der Waals surface area contributed by atoms with Crippen LogP contribution < -0.4 is 5.32 Å². The fraction of sp³-hybridized carbons (Fsp3) is 0.857. The van der Waals surface area contributed by atoms with Crippen LogP contribution in [0.1, 0.15) is 40.5 Å². The van der Waals surface area contributed by atoms with Gasteiger partial charge in [-0.3, -0.25) is 9.59 Å². The molecule has 1 fully saturated rings. The lowest BCUT2D eigenvalue weighted by Crippen LogP contribution is -2.70. The number of hydrogen-bond donors (Lipinski definition) is 1. The highest BCUT2D eigenvalue weighted by atomic mass is 16.5. The number of ether oxygens (including phenoxy) is 1. The van der Waals surface area contributed by atoms with Gasteiger partial charge in [-0.2, -0.15) is 0 Å². The molecular weight excluding hydrogens is 244 g/mol. The van der Waals surface area contributed by atoms with E-state index in [0.29, 0.717) is 19.6 Å². The minimum Gasteiger partial charge on any atom is -0.383 e. The first-order chi connectivity index (χ1) is 8.91. The van der Waals surface area contributed by atoms with Crippen LogP contribution in [0.2, 0.25) is 0 Å². The minimum absolute atomic E-state index is 0.00282. The monoisotopic (exact) mass is 270 g/mol. The van der Waals surface area contributed by atoms with Gasteiger partial charge in [0.15, 0.2) is 0 Å². The third kappa shape index (κ3) is 3.08. The van der Waals surface area contributed by atoms with Crippen LogP contribution in [0.5, 0.6) is 0 Å². The second-order valence-corrected chi connectivity index (χ2v) is 5.50. The zero-order valence-corrected chi connectivity index (χ0v) is 12.7. The van der Waals surface area contributed by atoms with Gasteiger partial charge in [-0.1, -0.05) is 27.2 Å². The van der Waals surface area contributed by atoms with Gasteiger partial charge in [0.25, 0.3) is 0 Å². The summed E-state index contributed by atoms with van der Waals surface area (Å²) in [6.07, 6.45) is 1.45. The molecule has 5 heteroatoms. The summed E-state index contributed by atoms with van der Waals surface area (Å²) in [6, 6.07) is -0.382. The van der Waals surface area contributed by atoms with Crippen molar-refractivity contribution in [2.75, 3.05) is 20.3 Å². The summed E-state index contributed by atoms with van der Waals surface area (Å²) in [6.45, 7) is 8.66. The van der Waals surface area contributed by atoms with Crippen LogP contribution in [-0.4, -0.2) is 48.6 Å². The number of nitrogens with one attached hydrogen (secondary N) is 1. The van der Waals surface area contributed by atoms with E-state index < -0.39 is 5.54 Å². The lowest BCUT2D eigenvalue weighted by atomic mass is 9.87. The average Bonchev–Trinajstić information content (AvgIpc) is 2.40. The summed E-state index contributed by atoms with van der Waals surface area (Å²) in [5, 5.41) is 2.89. The highest BCUT2D eigenvalue weighted by Gasteiger charge is 2.48. The van der Waals surface area contributed by atoms with E-state index in [4.69, 9.17) is 4.74 Å². The van der Waals surface area contributed by atoms with Gasteiger partial charge in [0.1, 0.15) is 11.6 Å². The van der Waals surface area contributed by atoms with Crippen LogP contribution in [0.4, 0.5) is 0 Å². The van der Waals surface area contributed by atoms with Crippen LogP contribution in [-0.2, 0) is 14.3 Å². The zero-order valence-electron chi connectivity index (χ0n) is 12.7. The number of hydrogen-bond acceptors (Lipinski definition) is 3. The number of amides is 2. The van der Waals surface area contributed by atoms with E-state index >= 15 is 0 Å². The molecule has 0 radical (unpaired) electrons.